The van der Waals surface area contributed by atoms with E-state index in [0.29, 0.717) is 12.5 Å². The second-order valence-corrected chi connectivity index (χ2v) is 7.43. The monoisotopic (exact) mass is 360 g/mol. The van der Waals surface area contributed by atoms with Gasteiger partial charge in [-0.15, -0.1) is 0 Å². The number of aromatic nitrogens is 2. The van der Waals surface area contributed by atoms with Gasteiger partial charge in [0.05, 0.1) is 13.2 Å². The molecule has 1 atom stereocenters. The fourth-order valence-electron chi connectivity index (χ4n) is 4.05. The Kier molecular flexibility index (Phi) is 5.36. The van der Waals surface area contributed by atoms with Gasteiger partial charge in [-0.2, -0.15) is 0 Å². The predicted molar refractivity (Wildman–Crippen MR) is 97.3 cm³/mol. The maximum Gasteiger partial charge on any atom is 0.251 e. The maximum absolute atomic E-state index is 12.5. The van der Waals surface area contributed by atoms with Gasteiger partial charge in [-0.25, -0.2) is 9.97 Å². The highest BCUT2D eigenvalue weighted by Gasteiger charge is 2.32. The van der Waals surface area contributed by atoms with Gasteiger partial charge in [0.1, 0.15) is 17.7 Å². The fraction of sp³-hybridized carbons (Fsp3) is 0.737. The summed E-state index contributed by atoms with van der Waals surface area (Å²) in [5.74, 6) is 2.42. The third-order valence-electron chi connectivity index (χ3n) is 5.57. The van der Waals surface area contributed by atoms with Crippen LogP contribution in [0.25, 0.3) is 0 Å². The summed E-state index contributed by atoms with van der Waals surface area (Å²) in [5.41, 5.74) is 1.01. The summed E-state index contributed by atoms with van der Waals surface area (Å²) in [4.78, 5) is 26.3. The van der Waals surface area contributed by atoms with Crippen LogP contribution in [0.3, 0.4) is 0 Å². The minimum Gasteiger partial charge on any atom is -0.378 e. The number of aryl methyl sites for hydroxylation is 1. The summed E-state index contributed by atoms with van der Waals surface area (Å²) in [6.07, 6.45) is 3.49. The van der Waals surface area contributed by atoms with E-state index in [9.17, 15) is 4.79 Å². The zero-order valence-corrected chi connectivity index (χ0v) is 15.5. The molecule has 3 saturated heterocycles. The molecule has 1 aromatic rings. The molecule has 0 bridgehead atoms. The summed E-state index contributed by atoms with van der Waals surface area (Å²) < 4.78 is 11.0. The highest BCUT2D eigenvalue weighted by atomic mass is 16.5. The standard InChI is InChI=1S/C19H28N4O3/c1-14-13-17(22-8-11-25-12-9-22)21-18(20-14)15-4-6-23(7-5-15)19(24)16-3-2-10-26-16/h13,15-16H,2-12H2,1H3. The Morgan fingerprint density at radius 2 is 1.85 bits per heavy atom. The summed E-state index contributed by atoms with van der Waals surface area (Å²) in [6, 6.07) is 2.06. The van der Waals surface area contributed by atoms with E-state index in [1.165, 1.54) is 0 Å². The number of morpholine rings is 1. The zero-order valence-electron chi connectivity index (χ0n) is 15.5. The molecule has 4 heterocycles. The van der Waals surface area contributed by atoms with Crippen LogP contribution in [0.1, 0.15) is 43.1 Å². The van der Waals surface area contributed by atoms with Crippen LogP contribution < -0.4 is 4.90 Å². The normalized spacial score (nSPS) is 24.9. The van der Waals surface area contributed by atoms with Crippen LogP contribution in [0.5, 0.6) is 0 Å². The molecule has 0 radical (unpaired) electrons. The molecule has 0 saturated carbocycles. The van der Waals surface area contributed by atoms with Crippen LogP contribution in [-0.2, 0) is 14.3 Å². The number of carbonyl (C=O) groups excluding carboxylic acids is 1. The minimum absolute atomic E-state index is 0.167. The van der Waals surface area contributed by atoms with E-state index >= 15 is 0 Å². The van der Waals surface area contributed by atoms with Crippen LogP contribution in [0, 0.1) is 6.92 Å². The van der Waals surface area contributed by atoms with Crippen molar-refractivity contribution in [1.29, 1.82) is 0 Å². The van der Waals surface area contributed by atoms with E-state index in [0.717, 1.165) is 82.4 Å². The summed E-state index contributed by atoms with van der Waals surface area (Å²) in [7, 11) is 0. The van der Waals surface area contributed by atoms with E-state index in [2.05, 4.69) is 11.0 Å². The number of nitrogens with zero attached hydrogens (tertiary/aromatic N) is 4. The quantitative estimate of drug-likeness (QED) is 0.814. The maximum atomic E-state index is 12.5. The Hall–Kier alpha value is -1.73. The van der Waals surface area contributed by atoms with Crippen molar-refractivity contribution in [1.82, 2.24) is 14.9 Å². The van der Waals surface area contributed by atoms with Gasteiger partial charge in [-0.3, -0.25) is 4.79 Å². The number of hydrogen-bond acceptors (Lipinski definition) is 6. The van der Waals surface area contributed by atoms with Crippen LogP contribution in [0.15, 0.2) is 6.07 Å². The summed E-state index contributed by atoms with van der Waals surface area (Å²) in [6.45, 7) is 7.55. The van der Waals surface area contributed by atoms with E-state index in [4.69, 9.17) is 19.4 Å². The molecule has 3 fully saturated rings. The lowest BCUT2D eigenvalue weighted by molar-refractivity contribution is -0.142. The van der Waals surface area contributed by atoms with Gasteiger partial charge in [0.15, 0.2) is 0 Å². The van der Waals surface area contributed by atoms with Crippen LogP contribution in [0.4, 0.5) is 5.82 Å². The van der Waals surface area contributed by atoms with Crippen LogP contribution >= 0.6 is 0 Å². The average molecular weight is 360 g/mol. The van der Waals surface area contributed by atoms with E-state index in [-0.39, 0.29) is 12.0 Å². The molecule has 26 heavy (non-hydrogen) atoms. The first-order valence-corrected chi connectivity index (χ1v) is 9.79. The first-order valence-electron chi connectivity index (χ1n) is 9.79. The lowest BCUT2D eigenvalue weighted by Gasteiger charge is -2.33. The number of likely N-dealkylation sites (tertiary alicyclic amines) is 1. The number of piperidine rings is 1. The van der Waals surface area contributed by atoms with Gasteiger partial charge < -0.3 is 19.3 Å². The largest absolute Gasteiger partial charge is 0.378 e. The van der Waals surface area contributed by atoms with Gasteiger partial charge in [-0.1, -0.05) is 0 Å². The molecule has 0 N–H and O–H groups in total. The number of rotatable bonds is 3. The summed E-state index contributed by atoms with van der Waals surface area (Å²) in [5, 5.41) is 0. The van der Waals surface area contributed by atoms with Gasteiger partial charge >= 0.3 is 0 Å². The van der Waals surface area contributed by atoms with Crippen molar-refractivity contribution < 1.29 is 14.3 Å². The third-order valence-corrected chi connectivity index (χ3v) is 5.57. The van der Waals surface area contributed by atoms with Crippen molar-refractivity contribution >= 4 is 11.7 Å². The second kappa shape index (κ2) is 7.88. The number of amides is 1. The van der Waals surface area contributed by atoms with E-state index in [1.54, 1.807) is 0 Å². The van der Waals surface area contributed by atoms with E-state index in [1.807, 2.05) is 11.8 Å². The molecule has 4 rings (SSSR count). The van der Waals surface area contributed by atoms with Gasteiger partial charge in [0.2, 0.25) is 0 Å². The molecule has 142 valence electrons. The first kappa shape index (κ1) is 17.7. The SMILES string of the molecule is Cc1cc(N2CCOCC2)nc(C2CCN(C(=O)C3CCCO3)CC2)n1. The Morgan fingerprint density at radius 3 is 2.54 bits per heavy atom. The van der Waals surface area contributed by atoms with Crippen molar-refractivity contribution in [3.05, 3.63) is 17.6 Å². The first-order chi connectivity index (χ1) is 12.7. The summed E-state index contributed by atoms with van der Waals surface area (Å²) >= 11 is 0. The molecule has 3 aliphatic heterocycles. The van der Waals surface area contributed by atoms with Crippen LogP contribution in [0.2, 0.25) is 0 Å². The number of ether oxygens (including phenoxy) is 2. The molecule has 1 unspecified atom stereocenters. The van der Waals surface area contributed by atoms with Crippen molar-refractivity contribution in [3.8, 4) is 0 Å². The Bertz CT molecular complexity index is 634. The predicted octanol–water partition coefficient (Wildman–Crippen LogP) is 1.51. The highest BCUT2D eigenvalue weighted by Crippen LogP contribution is 2.28. The van der Waals surface area contributed by atoms with Crippen molar-refractivity contribution in [2.75, 3.05) is 50.9 Å². The van der Waals surface area contributed by atoms with Crippen LogP contribution in [-0.4, -0.2) is 72.9 Å². The molecular weight excluding hydrogens is 332 g/mol. The molecule has 7 nitrogen and oxygen atoms in total. The van der Waals surface area contributed by atoms with E-state index < -0.39 is 0 Å². The molecule has 0 aromatic carbocycles. The molecule has 7 heteroatoms. The lowest BCUT2D eigenvalue weighted by atomic mass is 9.95. The third kappa shape index (κ3) is 3.83. The van der Waals surface area contributed by atoms with Gasteiger partial charge in [-0.05, 0) is 32.6 Å². The topological polar surface area (TPSA) is 67.8 Å². The number of carbonyl (C=O) groups is 1. The highest BCUT2D eigenvalue weighted by molar-refractivity contribution is 5.81. The molecule has 1 amide bonds. The fourth-order valence-corrected chi connectivity index (χ4v) is 4.05. The van der Waals surface area contributed by atoms with Gasteiger partial charge in [0, 0.05) is 50.5 Å². The lowest BCUT2D eigenvalue weighted by Crippen LogP contribution is -2.43. The second-order valence-electron chi connectivity index (χ2n) is 7.43. The number of anilines is 1. The molecule has 0 spiro atoms. The molecule has 0 aliphatic carbocycles. The molecule has 1 aromatic heterocycles. The zero-order chi connectivity index (χ0) is 17.9. The number of hydrogen-bond donors (Lipinski definition) is 0. The van der Waals surface area contributed by atoms with Crippen molar-refractivity contribution in [2.45, 2.75) is 44.6 Å². The Balaban J connectivity index is 1.40. The van der Waals surface area contributed by atoms with Crippen molar-refractivity contribution in [3.63, 3.8) is 0 Å². The van der Waals surface area contributed by atoms with Gasteiger partial charge in [0.25, 0.3) is 5.91 Å². The Morgan fingerprint density at radius 1 is 1.08 bits per heavy atom. The Labute approximate surface area is 154 Å². The van der Waals surface area contributed by atoms with Crippen molar-refractivity contribution in [2.24, 2.45) is 0 Å². The average Bonchev–Trinajstić information content (AvgIpc) is 3.22. The minimum atomic E-state index is -0.213. The smallest absolute Gasteiger partial charge is 0.251 e. The molecular formula is C19H28N4O3. The molecule has 3 aliphatic rings.